The lowest BCUT2D eigenvalue weighted by atomic mass is 9.83. The Balaban J connectivity index is 2.28. The molecule has 0 radical (unpaired) electrons. The summed E-state index contributed by atoms with van der Waals surface area (Å²) in [4.78, 5) is 108. The summed E-state index contributed by atoms with van der Waals surface area (Å²) in [7, 11) is 1.51. The highest BCUT2D eigenvalue weighted by atomic mass is 16.7. The van der Waals surface area contributed by atoms with E-state index in [4.69, 9.17) is 52.1 Å². The summed E-state index contributed by atoms with van der Waals surface area (Å²) in [5.41, 5.74) is -4.71. The normalized spacial score (nSPS) is 27.8. The molecule has 80 heavy (non-hydrogen) atoms. The smallest absolute Gasteiger partial charge is 0.410 e. The molecule has 0 spiro atoms. The third-order valence-electron chi connectivity index (χ3n) is 11.7. The Bertz CT molecular complexity index is 2110. The number of alkyl carbamates (subject to hydrolysis) is 4. The fourth-order valence-corrected chi connectivity index (χ4v) is 8.68. The first kappa shape index (κ1) is 68.8. The van der Waals surface area contributed by atoms with E-state index in [-0.39, 0.29) is 38.8 Å². The van der Waals surface area contributed by atoms with E-state index in [2.05, 4.69) is 26.6 Å². The van der Waals surface area contributed by atoms with Crippen molar-refractivity contribution in [1.82, 2.24) is 31.5 Å². The molecule has 0 bridgehead atoms. The van der Waals surface area contributed by atoms with Gasteiger partial charge in [-0.3, -0.25) is 14.4 Å². The minimum absolute atomic E-state index is 0.0309. The standard InChI is InChI=1S/C53H92N6O21/c1-20-33-36(62)35(58-47(68)79-52(13,14)15)40(71-28(3)61)43(73-33)75-38-31(55-41(64)34(70-27(2)60)23-24-54-44(65)76-49(4,5)6)25-32(57-46(67)78-51(10,11)12)39(37(38)63)74-42-30(56-45(66)77-50(7,8)9)22-21-29(72-42)26-59(19)48(69)80-53(16,17)18/h29-40,42-43,62-63H,20-26H2,1-19H3,(H,54,65)(H,55,64)(H,56,66)(H,57,67)(H,58,68)/t29?,30?,31-,32+,33?,34+,35+,36-,37?,38+,39?,40?,42-,43-/m1/s1. The molecule has 0 aromatic carbocycles. The summed E-state index contributed by atoms with van der Waals surface area (Å²) >= 11 is 0. The number of hydrogen-bond acceptors (Lipinski definition) is 21. The predicted octanol–water partition coefficient (Wildman–Crippen LogP) is 4.33. The van der Waals surface area contributed by atoms with Crippen LogP contribution >= 0.6 is 0 Å². The van der Waals surface area contributed by atoms with Gasteiger partial charge < -0.3 is 93.8 Å². The molecule has 1 saturated carbocycles. The molecule has 1 aliphatic carbocycles. The van der Waals surface area contributed by atoms with Gasteiger partial charge in [0.15, 0.2) is 24.8 Å². The van der Waals surface area contributed by atoms with Crippen molar-refractivity contribution in [1.29, 1.82) is 0 Å². The molecule has 2 saturated heterocycles. The SMILES string of the molecule is CCC1O[C@H](O[C@@H]2C(O)C(O[C@H]3OC(CN(C)C(=O)OC(C)(C)C)CCC3NC(=O)OC(C)(C)C)[C@@H](NC(=O)OC(C)(C)C)C[C@H]2NC(=O)[C@H](CCNC(=O)OC(C)(C)C)OC(C)=O)C(OC(C)=O)[C@@H](NC(=O)OC(C)(C)C)[C@@H]1O. The summed E-state index contributed by atoms with van der Waals surface area (Å²) in [5, 5.41) is 38.0. The maximum Gasteiger partial charge on any atom is 0.410 e. The lowest BCUT2D eigenvalue weighted by Crippen LogP contribution is -2.70. The fourth-order valence-electron chi connectivity index (χ4n) is 8.68. The number of rotatable bonds is 17. The van der Waals surface area contributed by atoms with Gasteiger partial charge in [0.1, 0.15) is 58.5 Å². The van der Waals surface area contributed by atoms with Gasteiger partial charge in [0.25, 0.3) is 5.91 Å². The first-order valence-electron chi connectivity index (χ1n) is 27.1. The zero-order valence-corrected chi connectivity index (χ0v) is 50.1. The molecule has 3 fully saturated rings. The van der Waals surface area contributed by atoms with Gasteiger partial charge in [-0.1, -0.05) is 6.92 Å². The van der Waals surface area contributed by atoms with E-state index in [9.17, 15) is 48.6 Å². The Kier molecular flexibility index (Phi) is 24.5. The average molecular weight is 1150 g/mol. The Morgan fingerprint density at radius 2 is 1.05 bits per heavy atom. The van der Waals surface area contributed by atoms with E-state index >= 15 is 0 Å². The van der Waals surface area contributed by atoms with Crippen LogP contribution in [0.4, 0.5) is 24.0 Å². The van der Waals surface area contributed by atoms with E-state index in [0.717, 1.165) is 13.8 Å². The molecule has 0 aromatic rings. The number of amides is 6. The molecule has 0 aromatic heterocycles. The molecule has 6 unspecified atom stereocenters. The van der Waals surface area contributed by atoms with E-state index in [1.165, 1.54) is 11.9 Å². The fraction of sp³-hybridized carbons (Fsp3) is 0.849. The number of aliphatic hydroxyl groups excluding tert-OH is 2. The summed E-state index contributed by atoms with van der Waals surface area (Å²) in [5.74, 6) is -2.74. The van der Waals surface area contributed by atoms with Gasteiger partial charge in [0.2, 0.25) is 0 Å². The Labute approximate surface area is 469 Å². The van der Waals surface area contributed by atoms with Crippen molar-refractivity contribution in [2.24, 2.45) is 0 Å². The molecule has 27 nitrogen and oxygen atoms in total. The molecule has 7 N–H and O–H groups in total. The third-order valence-corrected chi connectivity index (χ3v) is 11.7. The minimum atomic E-state index is -2.00. The third kappa shape index (κ3) is 23.9. The van der Waals surface area contributed by atoms with Crippen LogP contribution in [-0.4, -0.2) is 197 Å². The number of hydrogen-bond donors (Lipinski definition) is 7. The number of carbonyl (C=O) groups is 8. The monoisotopic (exact) mass is 1150 g/mol. The Hall–Kier alpha value is -5.48. The van der Waals surface area contributed by atoms with Crippen molar-refractivity contribution in [3.05, 3.63) is 0 Å². The summed E-state index contributed by atoms with van der Waals surface area (Å²) in [6, 6.07) is -5.29. The van der Waals surface area contributed by atoms with Gasteiger partial charge in [-0.05, 0) is 130 Å². The number of aliphatic hydroxyl groups is 2. The Morgan fingerprint density at radius 3 is 1.54 bits per heavy atom. The molecule has 3 rings (SSSR count). The van der Waals surface area contributed by atoms with Gasteiger partial charge in [-0.25, -0.2) is 24.0 Å². The average Bonchev–Trinajstić information content (AvgIpc) is 3.25. The lowest BCUT2D eigenvalue weighted by Gasteiger charge is -2.50. The minimum Gasteiger partial charge on any atom is -0.455 e. The molecule has 2 aliphatic heterocycles. The Morgan fingerprint density at radius 1 is 0.575 bits per heavy atom. The number of carbonyl (C=O) groups excluding carboxylic acids is 8. The number of ether oxygens (including phenoxy) is 11. The highest BCUT2D eigenvalue weighted by molar-refractivity contribution is 5.84. The van der Waals surface area contributed by atoms with Gasteiger partial charge in [-0.15, -0.1) is 0 Å². The van der Waals surface area contributed by atoms with Crippen LogP contribution in [0.25, 0.3) is 0 Å². The van der Waals surface area contributed by atoms with Crippen LogP contribution in [-0.2, 0) is 66.5 Å². The largest absolute Gasteiger partial charge is 0.455 e. The van der Waals surface area contributed by atoms with Gasteiger partial charge in [-0.2, -0.15) is 0 Å². The lowest BCUT2D eigenvalue weighted by molar-refractivity contribution is -0.315. The molecule has 14 atom stereocenters. The van der Waals surface area contributed by atoms with Crippen molar-refractivity contribution in [2.75, 3.05) is 20.1 Å². The topological polar surface area (TPSA) is 342 Å². The van der Waals surface area contributed by atoms with Crippen LogP contribution in [0, 0.1) is 0 Å². The molecule has 6 amide bonds. The van der Waals surface area contributed by atoms with Crippen molar-refractivity contribution in [3.63, 3.8) is 0 Å². The molecule has 3 aliphatic rings. The van der Waals surface area contributed by atoms with Crippen molar-refractivity contribution >= 4 is 48.3 Å². The predicted molar refractivity (Wildman–Crippen MR) is 283 cm³/mol. The summed E-state index contributed by atoms with van der Waals surface area (Å²) < 4.78 is 65.0. The first-order chi connectivity index (χ1) is 36.5. The van der Waals surface area contributed by atoms with Crippen molar-refractivity contribution in [2.45, 2.75) is 270 Å². The van der Waals surface area contributed by atoms with Crippen molar-refractivity contribution < 1.29 is 101 Å². The first-order valence-corrected chi connectivity index (χ1v) is 27.1. The quantitative estimate of drug-likeness (QED) is 0.0787. The number of esters is 2. The van der Waals surface area contributed by atoms with Crippen LogP contribution in [0.1, 0.15) is 157 Å². The number of nitrogens with one attached hydrogen (secondary N) is 5. The van der Waals surface area contributed by atoms with E-state index in [1.807, 2.05) is 0 Å². The molecular formula is C53H92N6O21. The molecule has 460 valence electrons. The van der Waals surface area contributed by atoms with Gasteiger partial charge in [0, 0.05) is 40.4 Å². The van der Waals surface area contributed by atoms with Crippen LogP contribution in [0.15, 0.2) is 0 Å². The number of likely N-dealkylation sites (N-methyl/N-ethyl adjacent to an activating group) is 1. The highest BCUT2D eigenvalue weighted by Gasteiger charge is 2.55. The zero-order valence-electron chi connectivity index (χ0n) is 50.1. The molecular weight excluding hydrogens is 1060 g/mol. The maximum atomic E-state index is 14.5. The van der Waals surface area contributed by atoms with Gasteiger partial charge >= 0.3 is 42.4 Å². The zero-order chi connectivity index (χ0) is 61.0. The van der Waals surface area contributed by atoms with Crippen molar-refractivity contribution in [3.8, 4) is 0 Å². The highest BCUT2D eigenvalue weighted by Crippen LogP contribution is 2.35. The summed E-state index contributed by atoms with van der Waals surface area (Å²) in [6.07, 6.45) is -19.9. The second kappa shape index (κ2) is 28.5. The van der Waals surface area contributed by atoms with E-state index < -0.39 is 168 Å². The van der Waals surface area contributed by atoms with E-state index in [0.29, 0.717) is 0 Å². The second-order valence-electron chi connectivity index (χ2n) is 25.1. The van der Waals surface area contributed by atoms with Crippen LogP contribution in [0.3, 0.4) is 0 Å². The second-order valence-corrected chi connectivity index (χ2v) is 25.1. The summed E-state index contributed by atoms with van der Waals surface area (Å²) in [6.45, 7) is 28.3. The van der Waals surface area contributed by atoms with Gasteiger partial charge in [0.05, 0.1) is 30.3 Å². The van der Waals surface area contributed by atoms with Crippen LogP contribution in [0.5, 0.6) is 0 Å². The van der Waals surface area contributed by atoms with Crippen LogP contribution in [0.2, 0.25) is 0 Å². The molecule has 2 heterocycles. The van der Waals surface area contributed by atoms with Crippen LogP contribution < -0.4 is 26.6 Å². The number of nitrogens with zero attached hydrogens (tertiary/aromatic N) is 1. The molecule has 27 heteroatoms. The maximum absolute atomic E-state index is 14.5. The van der Waals surface area contributed by atoms with E-state index in [1.54, 1.807) is 111 Å².